The maximum Gasteiger partial charge on any atom is 0.264 e. The van der Waals surface area contributed by atoms with Crippen LogP contribution in [0, 0.1) is 6.92 Å². The van der Waals surface area contributed by atoms with Crippen molar-refractivity contribution in [3.8, 4) is 11.5 Å². The van der Waals surface area contributed by atoms with Crippen molar-refractivity contribution in [2.45, 2.75) is 35.3 Å². The van der Waals surface area contributed by atoms with E-state index < -0.39 is 22.5 Å². The molecular formula is C22H26N4O5S3. The third kappa shape index (κ3) is 6.19. The zero-order valence-corrected chi connectivity index (χ0v) is 21.9. The van der Waals surface area contributed by atoms with Crippen molar-refractivity contribution in [1.29, 1.82) is 0 Å². The first-order chi connectivity index (χ1) is 16.1. The van der Waals surface area contributed by atoms with E-state index in [9.17, 15) is 13.2 Å². The number of nitrogens with zero attached hydrogens (tertiary/aromatic N) is 3. The van der Waals surface area contributed by atoms with Crippen molar-refractivity contribution >= 4 is 49.8 Å². The number of aromatic nitrogens is 2. The van der Waals surface area contributed by atoms with Crippen molar-refractivity contribution in [2.24, 2.45) is 0 Å². The Morgan fingerprint density at radius 3 is 2.38 bits per heavy atom. The summed E-state index contributed by atoms with van der Waals surface area (Å²) >= 11 is 2.76. The maximum atomic E-state index is 13.6. The SMILES string of the molecule is COc1ccc(N(CC(=O)Nc2nnc(SC(C)C)s2)S(=O)(=O)c2ccc(C)cc2)cc1OC. The van der Waals surface area contributed by atoms with Gasteiger partial charge < -0.3 is 9.47 Å². The van der Waals surface area contributed by atoms with Crippen molar-refractivity contribution in [2.75, 3.05) is 30.4 Å². The minimum absolute atomic E-state index is 0.0622. The Kier molecular flexibility index (Phi) is 8.39. The fourth-order valence-electron chi connectivity index (χ4n) is 2.93. The van der Waals surface area contributed by atoms with Gasteiger partial charge in [-0.25, -0.2) is 8.42 Å². The molecule has 0 aliphatic heterocycles. The van der Waals surface area contributed by atoms with Gasteiger partial charge in [0, 0.05) is 11.3 Å². The summed E-state index contributed by atoms with van der Waals surface area (Å²) in [6.45, 7) is 5.45. The molecule has 0 saturated carbocycles. The Hall–Kier alpha value is -2.83. The number of thioether (sulfide) groups is 1. The Morgan fingerprint density at radius 2 is 1.76 bits per heavy atom. The predicted octanol–water partition coefficient (Wildman–Crippen LogP) is 4.20. The summed E-state index contributed by atoms with van der Waals surface area (Å²) in [7, 11) is -1.13. The molecule has 0 atom stereocenters. The summed E-state index contributed by atoms with van der Waals surface area (Å²) in [5.41, 5.74) is 1.17. The van der Waals surface area contributed by atoms with Gasteiger partial charge in [0.05, 0.1) is 24.8 Å². The molecule has 2 aromatic carbocycles. The first kappa shape index (κ1) is 25.8. The molecule has 0 bridgehead atoms. The molecule has 3 aromatic rings. The van der Waals surface area contributed by atoms with Gasteiger partial charge in [-0.05, 0) is 31.2 Å². The minimum Gasteiger partial charge on any atom is -0.493 e. The number of hydrogen-bond donors (Lipinski definition) is 1. The average Bonchev–Trinajstić information content (AvgIpc) is 3.22. The molecule has 0 saturated heterocycles. The number of aryl methyl sites for hydroxylation is 1. The first-order valence-electron chi connectivity index (χ1n) is 10.3. The number of amides is 1. The number of benzene rings is 2. The largest absolute Gasteiger partial charge is 0.493 e. The zero-order valence-electron chi connectivity index (χ0n) is 19.4. The molecule has 1 heterocycles. The second-order valence-corrected chi connectivity index (χ2v) is 12.1. The van der Waals surface area contributed by atoms with Crippen LogP contribution < -0.4 is 19.1 Å². The van der Waals surface area contributed by atoms with Gasteiger partial charge in [-0.3, -0.25) is 14.4 Å². The smallest absolute Gasteiger partial charge is 0.264 e. The number of nitrogens with one attached hydrogen (secondary N) is 1. The van der Waals surface area contributed by atoms with Crippen LogP contribution in [0.1, 0.15) is 19.4 Å². The molecule has 0 aliphatic rings. The van der Waals surface area contributed by atoms with Gasteiger partial charge in [0.15, 0.2) is 15.8 Å². The van der Waals surface area contributed by atoms with E-state index in [1.54, 1.807) is 24.3 Å². The van der Waals surface area contributed by atoms with Crippen molar-refractivity contribution in [3.05, 3.63) is 48.0 Å². The molecule has 9 nitrogen and oxygen atoms in total. The number of sulfonamides is 1. The second-order valence-electron chi connectivity index (χ2n) is 7.45. The van der Waals surface area contributed by atoms with Crippen molar-refractivity contribution < 1.29 is 22.7 Å². The fraction of sp³-hybridized carbons (Fsp3) is 0.318. The molecule has 0 radical (unpaired) electrons. The number of rotatable bonds is 10. The lowest BCUT2D eigenvalue weighted by Gasteiger charge is -2.24. The normalized spacial score (nSPS) is 11.4. The lowest BCUT2D eigenvalue weighted by atomic mass is 10.2. The maximum absolute atomic E-state index is 13.6. The predicted molar refractivity (Wildman–Crippen MR) is 135 cm³/mol. The third-order valence-corrected chi connectivity index (χ3v) is 8.26. The van der Waals surface area contributed by atoms with E-state index in [1.165, 1.54) is 55.5 Å². The Bertz CT molecular complexity index is 1240. The molecule has 3 rings (SSSR count). The molecule has 34 heavy (non-hydrogen) atoms. The van der Waals surface area contributed by atoms with Crippen LogP contribution in [0.2, 0.25) is 0 Å². The van der Waals surface area contributed by atoms with E-state index in [1.807, 2.05) is 20.8 Å². The number of anilines is 2. The van der Waals surface area contributed by atoms with E-state index in [4.69, 9.17) is 9.47 Å². The summed E-state index contributed by atoms with van der Waals surface area (Å²) in [5, 5.41) is 11.3. The average molecular weight is 523 g/mol. The van der Waals surface area contributed by atoms with Crippen LogP contribution >= 0.6 is 23.1 Å². The van der Waals surface area contributed by atoms with Gasteiger partial charge >= 0.3 is 0 Å². The van der Waals surface area contributed by atoms with Gasteiger partial charge in [-0.2, -0.15) is 0 Å². The van der Waals surface area contributed by atoms with Crippen LogP contribution in [-0.4, -0.2) is 50.5 Å². The van der Waals surface area contributed by atoms with Gasteiger partial charge in [0.25, 0.3) is 10.0 Å². The molecular weight excluding hydrogens is 496 g/mol. The number of ether oxygens (including phenoxy) is 2. The van der Waals surface area contributed by atoms with Crippen LogP contribution in [0.4, 0.5) is 10.8 Å². The second kappa shape index (κ2) is 11.1. The van der Waals surface area contributed by atoms with Crippen LogP contribution in [0.15, 0.2) is 51.7 Å². The van der Waals surface area contributed by atoms with E-state index in [0.29, 0.717) is 26.2 Å². The molecule has 12 heteroatoms. The number of hydrogen-bond acceptors (Lipinski definition) is 9. The van der Waals surface area contributed by atoms with E-state index >= 15 is 0 Å². The summed E-state index contributed by atoms with van der Waals surface area (Å²) in [4.78, 5) is 13.0. The van der Waals surface area contributed by atoms with Gasteiger partial charge in [0.1, 0.15) is 6.54 Å². The van der Waals surface area contributed by atoms with Gasteiger partial charge in [-0.1, -0.05) is 54.6 Å². The van der Waals surface area contributed by atoms with Crippen LogP contribution in [0.25, 0.3) is 0 Å². The summed E-state index contributed by atoms with van der Waals surface area (Å²) in [5.74, 6) is 0.221. The van der Waals surface area contributed by atoms with E-state index in [-0.39, 0.29) is 10.6 Å². The third-order valence-electron chi connectivity index (χ3n) is 4.54. The Morgan fingerprint density at radius 1 is 1.09 bits per heavy atom. The lowest BCUT2D eigenvalue weighted by molar-refractivity contribution is -0.114. The highest BCUT2D eigenvalue weighted by Crippen LogP contribution is 2.34. The monoisotopic (exact) mass is 522 g/mol. The Balaban J connectivity index is 1.94. The number of methoxy groups -OCH3 is 2. The topological polar surface area (TPSA) is 111 Å². The molecule has 0 fully saturated rings. The molecule has 0 unspecified atom stereocenters. The standard InChI is InChI=1S/C22H26N4O5S3/c1-14(2)32-22-25-24-21(33-22)23-20(27)13-26(16-8-11-18(30-4)19(12-16)31-5)34(28,29)17-9-6-15(3)7-10-17/h6-12,14H,13H2,1-5H3,(H,23,24,27). The summed E-state index contributed by atoms with van der Waals surface area (Å²) in [6, 6.07) is 11.1. The van der Waals surface area contributed by atoms with E-state index in [0.717, 1.165) is 9.87 Å². The van der Waals surface area contributed by atoms with Crippen molar-refractivity contribution in [3.63, 3.8) is 0 Å². The molecule has 0 spiro atoms. The first-order valence-corrected chi connectivity index (χ1v) is 13.4. The Labute approximate surface area is 207 Å². The van der Waals surface area contributed by atoms with E-state index in [2.05, 4.69) is 15.5 Å². The minimum atomic E-state index is -4.07. The zero-order chi connectivity index (χ0) is 24.9. The molecule has 1 N–H and O–H groups in total. The highest BCUT2D eigenvalue weighted by atomic mass is 32.2. The molecule has 1 amide bonds. The van der Waals surface area contributed by atoms with Crippen LogP contribution in [-0.2, 0) is 14.8 Å². The fourth-order valence-corrected chi connectivity index (χ4v) is 6.34. The van der Waals surface area contributed by atoms with Crippen LogP contribution in [0.5, 0.6) is 11.5 Å². The highest BCUT2D eigenvalue weighted by Gasteiger charge is 2.28. The molecule has 0 aliphatic carbocycles. The number of carbonyl (C=O) groups excluding carboxylic acids is 1. The van der Waals surface area contributed by atoms with Gasteiger partial charge in [-0.15, -0.1) is 10.2 Å². The summed E-state index contributed by atoms with van der Waals surface area (Å²) in [6.07, 6.45) is 0. The highest BCUT2D eigenvalue weighted by molar-refractivity contribution is 8.01. The van der Waals surface area contributed by atoms with Crippen molar-refractivity contribution in [1.82, 2.24) is 10.2 Å². The summed E-state index contributed by atoms with van der Waals surface area (Å²) < 4.78 is 39.4. The molecule has 182 valence electrons. The number of carbonyl (C=O) groups is 1. The quantitative estimate of drug-likeness (QED) is 0.312. The van der Waals surface area contributed by atoms with Gasteiger partial charge in [0.2, 0.25) is 11.0 Å². The lowest BCUT2D eigenvalue weighted by Crippen LogP contribution is -2.38. The van der Waals surface area contributed by atoms with Crippen LogP contribution in [0.3, 0.4) is 0 Å². The molecule has 1 aromatic heterocycles.